The van der Waals surface area contributed by atoms with Gasteiger partial charge in [-0.25, -0.2) is 0 Å². The van der Waals surface area contributed by atoms with Crippen LogP contribution in [-0.4, -0.2) is 15.1 Å². The third kappa shape index (κ3) is 2.87. The molecule has 6 nitrogen and oxygen atoms in total. The summed E-state index contributed by atoms with van der Waals surface area (Å²) in [6.45, 7) is 0.382. The topological polar surface area (TPSA) is 83.9 Å². The number of nitro benzene ring substituents is 1. The lowest BCUT2D eigenvalue weighted by molar-refractivity contribution is -0.385. The summed E-state index contributed by atoms with van der Waals surface area (Å²) in [4.78, 5) is 10.7. The van der Waals surface area contributed by atoms with Crippen LogP contribution in [0.4, 0.5) is 11.4 Å². The molecule has 7 heteroatoms. The first-order valence-corrected chi connectivity index (χ1v) is 7.02. The fraction of sp³-hybridized carbons (Fsp3) is 0.0714. The number of fused-ring (bicyclic) bond motifs is 1. The Balaban J connectivity index is 1.82. The van der Waals surface area contributed by atoms with Crippen LogP contribution < -0.4 is 5.32 Å². The Morgan fingerprint density at radius 3 is 2.95 bits per heavy atom. The number of nitro groups is 1. The van der Waals surface area contributed by atoms with Gasteiger partial charge in [-0.1, -0.05) is 15.9 Å². The average Bonchev–Trinajstić information content (AvgIpc) is 2.93. The van der Waals surface area contributed by atoms with E-state index in [-0.39, 0.29) is 10.6 Å². The average molecular weight is 347 g/mol. The van der Waals surface area contributed by atoms with Gasteiger partial charge in [-0.05, 0) is 30.3 Å². The first kappa shape index (κ1) is 13.6. The van der Waals surface area contributed by atoms with E-state index >= 15 is 0 Å². The van der Waals surface area contributed by atoms with Crippen LogP contribution in [0.3, 0.4) is 0 Å². The maximum atomic E-state index is 11.1. The molecule has 0 unspecified atom stereocenters. The lowest BCUT2D eigenvalue weighted by Gasteiger charge is -2.07. The molecule has 2 N–H and O–H groups in total. The maximum Gasteiger partial charge on any atom is 0.275 e. The van der Waals surface area contributed by atoms with Crippen molar-refractivity contribution in [1.82, 2.24) is 10.2 Å². The van der Waals surface area contributed by atoms with Gasteiger partial charge in [0.2, 0.25) is 0 Å². The molecule has 21 heavy (non-hydrogen) atoms. The summed E-state index contributed by atoms with van der Waals surface area (Å²) in [5.41, 5.74) is 2.58. The third-order valence-corrected chi connectivity index (χ3v) is 3.66. The van der Waals surface area contributed by atoms with Crippen LogP contribution in [0.25, 0.3) is 10.9 Å². The summed E-state index contributed by atoms with van der Waals surface area (Å²) in [6, 6.07) is 10.8. The molecule has 0 saturated carbocycles. The van der Waals surface area contributed by atoms with Gasteiger partial charge in [0, 0.05) is 33.7 Å². The molecular weight excluding hydrogens is 336 g/mol. The van der Waals surface area contributed by atoms with Crippen LogP contribution in [0.2, 0.25) is 0 Å². The molecule has 3 rings (SSSR count). The lowest BCUT2D eigenvalue weighted by atomic mass is 10.1. The van der Waals surface area contributed by atoms with Crippen molar-refractivity contribution in [2.45, 2.75) is 6.54 Å². The third-order valence-electron chi connectivity index (χ3n) is 3.17. The monoisotopic (exact) mass is 346 g/mol. The number of aromatic amines is 1. The number of hydrogen-bond donors (Lipinski definition) is 2. The minimum absolute atomic E-state index is 0.0984. The highest BCUT2D eigenvalue weighted by atomic mass is 79.9. The molecule has 0 spiro atoms. The Morgan fingerprint density at radius 1 is 1.29 bits per heavy atom. The van der Waals surface area contributed by atoms with Crippen molar-refractivity contribution in [2.24, 2.45) is 0 Å². The van der Waals surface area contributed by atoms with Crippen molar-refractivity contribution in [3.8, 4) is 0 Å². The second-order valence-corrected chi connectivity index (χ2v) is 5.47. The summed E-state index contributed by atoms with van der Waals surface area (Å²) in [6.07, 6.45) is 1.74. The van der Waals surface area contributed by atoms with Crippen LogP contribution in [0, 0.1) is 10.1 Å². The molecule has 106 valence electrons. The van der Waals surface area contributed by atoms with E-state index in [4.69, 9.17) is 0 Å². The van der Waals surface area contributed by atoms with E-state index in [1.54, 1.807) is 18.3 Å². The van der Waals surface area contributed by atoms with Gasteiger partial charge in [-0.15, -0.1) is 0 Å². The number of anilines is 1. The zero-order chi connectivity index (χ0) is 14.8. The molecule has 2 aromatic carbocycles. The van der Waals surface area contributed by atoms with Gasteiger partial charge < -0.3 is 5.32 Å². The van der Waals surface area contributed by atoms with Crippen molar-refractivity contribution in [1.29, 1.82) is 0 Å². The van der Waals surface area contributed by atoms with Crippen LogP contribution in [0.15, 0.2) is 47.1 Å². The van der Waals surface area contributed by atoms with E-state index < -0.39 is 0 Å². The zero-order valence-electron chi connectivity index (χ0n) is 10.8. The summed E-state index contributed by atoms with van der Waals surface area (Å²) < 4.78 is 0.692. The van der Waals surface area contributed by atoms with Crippen LogP contribution >= 0.6 is 15.9 Å². The minimum atomic E-state index is -0.374. The highest BCUT2D eigenvalue weighted by Crippen LogP contribution is 2.25. The van der Waals surface area contributed by atoms with Gasteiger partial charge >= 0.3 is 0 Å². The van der Waals surface area contributed by atoms with E-state index in [2.05, 4.69) is 31.4 Å². The van der Waals surface area contributed by atoms with Crippen LogP contribution in [0.1, 0.15) is 5.56 Å². The zero-order valence-corrected chi connectivity index (χ0v) is 12.4. The van der Waals surface area contributed by atoms with Crippen molar-refractivity contribution in [2.75, 3.05) is 5.32 Å². The molecule has 0 aliphatic rings. The fourth-order valence-electron chi connectivity index (χ4n) is 2.11. The molecule has 1 aromatic heterocycles. The molecule has 0 aliphatic carbocycles. The maximum absolute atomic E-state index is 11.1. The predicted molar refractivity (Wildman–Crippen MR) is 84.2 cm³/mol. The summed E-state index contributed by atoms with van der Waals surface area (Å²) >= 11 is 3.25. The molecule has 1 heterocycles. The number of benzene rings is 2. The largest absolute Gasteiger partial charge is 0.381 e. The number of aromatic nitrogens is 2. The molecular formula is C14H11BrN4O2. The van der Waals surface area contributed by atoms with Gasteiger partial charge in [0.05, 0.1) is 16.6 Å². The fourth-order valence-corrected chi connectivity index (χ4v) is 2.46. The number of nitrogens with one attached hydrogen (secondary N) is 2. The van der Waals surface area contributed by atoms with E-state index in [9.17, 15) is 10.1 Å². The second-order valence-electron chi connectivity index (χ2n) is 4.56. The number of hydrogen-bond acceptors (Lipinski definition) is 4. The Bertz CT molecular complexity index is 816. The summed E-state index contributed by atoms with van der Waals surface area (Å²) in [5.74, 6) is 0. The van der Waals surface area contributed by atoms with Gasteiger partial charge in [-0.3, -0.25) is 15.2 Å². The summed E-state index contributed by atoms with van der Waals surface area (Å²) in [7, 11) is 0. The van der Waals surface area contributed by atoms with E-state index in [0.717, 1.165) is 16.6 Å². The normalized spacial score (nSPS) is 10.7. The molecule has 0 saturated heterocycles. The number of halogens is 1. The Kier molecular flexibility index (Phi) is 3.57. The van der Waals surface area contributed by atoms with Gasteiger partial charge in [0.15, 0.2) is 0 Å². The molecule has 3 aromatic rings. The van der Waals surface area contributed by atoms with Crippen molar-refractivity contribution in [3.05, 3.63) is 62.7 Å². The van der Waals surface area contributed by atoms with Gasteiger partial charge in [0.1, 0.15) is 0 Å². The molecule has 0 atom stereocenters. The van der Waals surface area contributed by atoms with Crippen molar-refractivity contribution in [3.63, 3.8) is 0 Å². The Morgan fingerprint density at radius 2 is 2.14 bits per heavy atom. The number of nitrogens with zero attached hydrogens (tertiary/aromatic N) is 2. The van der Waals surface area contributed by atoms with E-state index in [0.29, 0.717) is 16.6 Å². The number of H-pyrrole nitrogens is 1. The predicted octanol–water partition coefficient (Wildman–Crippen LogP) is 3.85. The quantitative estimate of drug-likeness (QED) is 0.555. The highest BCUT2D eigenvalue weighted by Gasteiger charge is 2.13. The van der Waals surface area contributed by atoms with Crippen molar-refractivity contribution < 1.29 is 4.92 Å². The molecule has 0 radical (unpaired) electrons. The minimum Gasteiger partial charge on any atom is -0.381 e. The second kappa shape index (κ2) is 5.53. The van der Waals surface area contributed by atoms with Crippen LogP contribution in [0.5, 0.6) is 0 Å². The van der Waals surface area contributed by atoms with Crippen molar-refractivity contribution >= 4 is 38.2 Å². The van der Waals surface area contributed by atoms with E-state index in [1.807, 2.05) is 18.2 Å². The molecule has 0 amide bonds. The SMILES string of the molecule is O=[N+]([O-])c1cc(Br)ccc1CNc1ccc2[nH]ncc2c1. The van der Waals surface area contributed by atoms with Gasteiger partial charge in [0.25, 0.3) is 5.69 Å². The standard InChI is InChI=1S/C14H11BrN4O2/c15-11-2-1-9(14(6-11)19(20)21)7-16-12-3-4-13-10(5-12)8-17-18-13/h1-6,8,16H,7H2,(H,17,18). The number of rotatable bonds is 4. The molecule has 0 fully saturated rings. The highest BCUT2D eigenvalue weighted by molar-refractivity contribution is 9.10. The Labute approximate surface area is 128 Å². The smallest absolute Gasteiger partial charge is 0.275 e. The first-order valence-electron chi connectivity index (χ1n) is 6.23. The molecule has 0 aliphatic heterocycles. The van der Waals surface area contributed by atoms with Gasteiger partial charge in [-0.2, -0.15) is 5.10 Å². The molecule has 0 bridgehead atoms. The van der Waals surface area contributed by atoms with Crippen LogP contribution in [-0.2, 0) is 6.54 Å². The first-order chi connectivity index (χ1) is 10.1. The van der Waals surface area contributed by atoms with E-state index in [1.165, 1.54) is 6.07 Å². The lowest BCUT2D eigenvalue weighted by Crippen LogP contribution is -2.03. The Hall–Kier alpha value is -2.41. The summed E-state index contributed by atoms with van der Waals surface area (Å²) in [5, 5.41) is 22.1.